The van der Waals surface area contributed by atoms with Gasteiger partial charge in [-0.1, -0.05) is 10.1 Å². The predicted octanol–water partition coefficient (Wildman–Crippen LogP) is 8.04. The van der Waals surface area contributed by atoms with Gasteiger partial charge in [-0.3, -0.25) is 18.0 Å². The van der Waals surface area contributed by atoms with Gasteiger partial charge in [0.25, 0.3) is 30.3 Å². The van der Waals surface area contributed by atoms with E-state index < -0.39 is 101 Å². The van der Waals surface area contributed by atoms with Gasteiger partial charge in [0.2, 0.25) is 0 Å². The van der Waals surface area contributed by atoms with E-state index in [1.807, 2.05) is 0 Å². The van der Waals surface area contributed by atoms with Gasteiger partial charge < -0.3 is 22.3 Å². The van der Waals surface area contributed by atoms with Crippen LogP contribution in [0.4, 0.5) is 56.9 Å². The van der Waals surface area contributed by atoms with Gasteiger partial charge in [-0.15, -0.1) is 29.1 Å². The van der Waals surface area contributed by atoms with Gasteiger partial charge in [0.15, 0.2) is 27.9 Å². The highest BCUT2D eigenvalue weighted by Crippen LogP contribution is 2.50. The van der Waals surface area contributed by atoms with Crippen molar-refractivity contribution in [3.63, 3.8) is 0 Å². The molecule has 0 radical (unpaired) electrons. The van der Waals surface area contributed by atoms with Crippen molar-refractivity contribution in [2.24, 2.45) is 30.7 Å². The number of sulfonamides is 1. The Morgan fingerprint density at radius 1 is 0.614 bits per heavy atom. The van der Waals surface area contributed by atoms with Crippen LogP contribution in [0.1, 0.15) is 0 Å². The van der Waals surface area contributed by atoms with E-state index in [1.165, 1.54) is 42.5 Å². The second-order valence-corrected chi connectivity index (χ2v) is 21.4. The third-order valence-electron chi connectivity index (χ3n) is 8.97. The molecular weight excluding hydrogens is 1050 g/mol. The SMILES string of the molecule is Nc1ccc(N=Nc2ccc(NS(=O)(=O)c3ccc(N=Nc4c(S(=O)(=O)O)cc5cc(SOOO)c(N=Nc6ccc(S(=O)(=O)CCOSOOO)cc6S(=O)(=O)O)c(O)c5c4N)cc3)cc2)c(N)c1. The van der Waals surface area contributed by atoms with Crippen LogP contribution in [-0.4, -0.2) is 70.8 Å². The summed E-state index contributed by atoms with van der Waals surface area (Å²) in [4.78, 5) is -3.23. The molecule has 0 amide bonds. The number of nitrogens with one attached hydrogen (secondary N) is 1. The molecule has 0 fully saturated rings. The average molecular weight is 1090 g/mol. The van der Waals surface area contributed by atoms with Gasteiger partial charge in [-0.2, -0.15) is 27.1 Å². The first-order valence-corrected chi connectivity index (χ1v) is 25.9. The molecular formula is C36H32N10O18S6. The number of phenols is 1. The minimum absolute atomic E-state index is 0.0636. The first-order valence-electron chi connectivity index (χ1n) is 18.5. The Hall–Kier alpha value is -6.48. The summed E-state index contributed by atoms with van der Waals surface area (Å²) in [6.45, 7) is -0.547. The smallest absolute Gasteiger partial charge is 0.296 e. The predicted molar refractivity (Wildman–Crippen MR) is 249 cm³/mol. The normalized spacial score (nSPS) is 12.7. The van der Waals surface area contributed by atoms with Crippen LogP contribution >= 0.6 is 24.4 Å². The van der Waals surface area contributed by atoms with Crippen molar-refractivity contribution in [1.82, 2.24) is 0 Å². The van der Waals surface area contributed by atoms with Gasteiger partial charge in [0, 0.05) is 11.4 Å². The molecule has 0 aliphatic carbocycles. The zero-order chi connectivity index (χ0) is 51.0. The highest BCUT2D eigenvalue weighted by molar-refractivity contribution is 7.94. The number of nitrogens with zero attached hydrogens (tertiary/aromatic N) is 6. The molecule has 0 aromatic heterocycles. The number of nitrogens with two attached hydrogens (primary N) is 3. The second kappa shape index (κ2) is 22.1. The van der Waals surface area contributed by atoms with Crippen molar-refractivity contribution >= 4 is 132 Å². The number of anilines is 4. The number of hydrogen-bond donors (Lipinski definition) is 9. The fourth-order valence-electron chi connectivity index (χ4n) is 5.82. The van der Waals surface area contributed by atoms with Crippen LogP contribution in [-0.2, 0) is 63.0 Å². The lowest BCUT2D eigenvalue weighted by atomic mass is 10.1. The van der Waals surface area contributed by atoms with E-state index in [-0.39, 0.29) is 50.9 Å². The number of azo groups is 3. The van der Waals surface area contributed by atoms with E-state index in [0.717, 1.165) is 36.4 Å². The van der Waals surface area contributed by atoms with Crippen molar-refractivity contribution in [3.05, 3.63) is 97.1 Å². The van der Waals surface area contributed by atoms with Crippen LogP contribution in [0.2, 0.25) is 0 Å². The quantitative estimate of drug-likeness (QED) is 0.00626. The van der Waals surface area contributed by atoms with Gasteiger partial charge in [0.1, 0.15) is 32.5 Å². The van der Waals surface area contributed by atoms with Crippen LogP contribution in [0.3, 0.4) is 0 Å². The van der Waals surface area contributed by atoms with Crippen LogP contribution in [0.25, 0.3) is 10.8 Å². The number of fused-ring (bicyclic) bond motifs is 1. The van der Waals surface area contributed by atoms with E-state index in [2.05, 4.69) is 54.2 Å². The Kier molecular flexibility index (Phi) is 16.7. The Morgan fingerprint density at radius 2 is 1.20 bits per heavy atom. The van der Waals surface area contributed by atoms with Gasteiger partial charge in [-0.05, 0) is 102 Å². The first kappa shape index (κ1) is 52.9. The minimum Gasteiger partial charge on any atom is -0.505 e. The van der Waals surface area contributed by atoms with Crippen molar-refractivity contribution in [3.8, 4) is 5.75 Å². The molecule has 12 N–H and O–H groups in total. The third kappa shape index (κ3) is 13.0. The Labute approximate surface area is 403 Å². The van der Waals surface area contributed by atoms with E-state index in [0.29, 0.717) is 28.8 Å². The summed E-state index contributed by atoms with van der Waals surface area (Å²) in [6.07, 6.45) is 0. The Morgan fingerprint density at radius 3 is 1.83 bits per heavy atom. The fraction of sp³-hybridized carbons (Fsp3) is 0.0556. The average Bonchev–Trinajstić information content (AvgIpc) is 3.29. The van der Waals surface area contributed by atoms with E-state index in [9.17, 15) is 47.9 Å². The molecule has 0 unspecified atom stereocenters. The van der Waals surface area contributed by atoms with Crippen LogP contribution in [0, 0.1) is 0 Å². The summed E-state index contributed by atoms with van der Waals surface area (Å²) in [7, 11) is -18.9. The van der Waals surface area contributed by atoms with Gasteiger partial charge in [0.05, 0.1) is 67.2 Å². The maximum Gasteiger partial charge on any atom is 0.296 e. The molecule has 370 valence electrons. The standard InChI is InChI=1S/C36H32N10O18S6/c37-20-1-11-27(26(38)17-20)42-40-21-2-4-23(5-3-21)46-68(52,53)24-8-6-22(7-9-24)41-45-35-31(70(57,58)59)16-19-15-29(65-63-61-48)34(36(47)32(19)33(35)39)44-43-28-12-10-25(18-30(28)69(54,55)56)67(50,51)14-13-60-66-64-62-49/h1-12,15-18,46-49H,13-14,37-39H2,(H,54,55,56)(H,57,58,59). The number of rotatable bonds is 21. The summed E-state index contributed by atoms with van der Waals surface area (Å²) in [5, 5.41) is 58.3. The maximum atomic E-state index is 13.2. The van der Waals surface area contributed by atoms with Gasteiger partial charge in [-0.25, -0.2) is 27.4 Å². The van der Waals surface area contributed by atoms with E-state index in [1.54, 1.807) is 12.1 Å². The number of benzene rings is 6. The Balaban J connectivity index is 1.30. The molecule has 28 nitrogen and oxygen atoms in total. The lowest BCUT2D eigenvalue weighted by Crippen LogP contribution is -2.12. The molecule has 0 aliphatic rings. The van der Waals surface area contributed by atoms with Crippen molar-refractivity contribution in [2.45, 2.75) is 24.5 Å². The van der Waals surface area contributed by atoms with Crippen molar-refractivity contribution in [2.75, 3.05) is 34.3 Å². The zero-order valence-corrected chi connectivity index (χ0v) is 39.5. The first-order chi connectivity index (χ1) is 33.0. The molecule has 6 aromatic rings. The molecule has 34 heteroatoms. The molecule has 6 aromatic carbocycles. The number of sulfone groups is 1. The highest BCUT2D eigenvalue weighted by atomic mass is 32.2. The molecule has 0 atom stereocenters. The molecule has 70 heavy (non-hydrogen) atoms. The van der Waals surface area contributed by atoms with Crippen LogP contribution < -0.4 is 21.9 Å². The molecule has 0 bridgehead atoms. The number of nitrogen functional groups attached to an aromatic ring is 3. The zero-order valence-electron chi connectivity index (χ0n) is 34.6. The van der Waals surface area contributed by atoms with Crippen LogP contribution in [0.5, 0.6) is 5.75 Å². The highest BCUT2D eigenvalue weighted by Gasteiger charge is 2.27. The third-order valence-corrected chi connectivity index (χ3v) is 14.8. The monoisotopic (exact) mass is 1080 g/mol. The number of aromatic hydroxyl groups is 1. The van der Waals surface area contributed by atoms with Crippen LogP contribution in [0.15, 0.2) is 152 Å². The minimum atomic E-state index is -5.25. The van der Waals surface area contributed by atoms with E-state index in [4.69, 9.17) is 31.9 Å². The second-order valence-electron chi connectivity index (χ2n) is 13.5. The summed E-state index contributed by atoms with van der Waals surface area (Å²) < 4.78 is 138. The topological polar surface area (TPSA) is 448 Å². The summed E-state index contributed by atoms with van der Waals surface area (Å²) in [5.74, 6) is -1.69. The Bertz CT molecular complexity index is 3500. The summed E-state index contributed by atoms with van der Waals surface area (Å²) in [6, 6.07) is 19.4. The molecule has 0 saturated heterocycles. The summed E-state index contributed by atoms with van der Waals surface area (Å²) >= 11 is 0.226. The van der Waals surface area contributed by atoms with E-state index >= 15 is 0 Å². The lowest BCUT2D eigenvalue weighted by molar-refractivity contribution is -0.434. The lowest BCUT2D eigenvalue weighted by Gasteiger charge is -2.14. The molecule has 0 aliphatic heterocycles. The number of hydrogen-bond acceptors (Lipinski definition) is 27. The fourth-order valence-corrected chi connectivity index (χ4v) is 10.2. The largest absolute Gasteiger partial charge is 0.505 e. The van der Waals surface area contributed by atoms with Crippen molar-refractivity contribution in [1.29, 1.82) is 0 Å². The molecule has 0 saturated carbocycles. The number of phenolic OH excluding ortho intramolecular Hbond substituents is 1. The molecule has 0 heterocycles. The molecule has 6 rings (SSSR count). The maximum absolute atomic E-state index is 13.2. The van der Waals surface area contributed by atoms with Gasteiger partial charge >= 0.3 is 0 Å². The molecule has 0 spiro atoms. The summed E-state index contributed by atoms with van der Waals surface area (Å²) in [5.41, 5.74) is 16.8. The van der Waals surface area contributed by atoms with Crippen molar-refractivity contribution < 1.29 is 81.3 Å².